The summed E-state index contributed by atoms with van der Waals surface area (Å²) in [6.07, 6.45) is 2.26. The Labute approximate surface area is 76.8 Å². The van der Waals surface area contributed by atoms with E-state index in [1.54, 1.807) is 11.3 Å². The number of hydrogen-bond acceptors (Lipinski definition) is 3. The van der Waals surface area contributed by atoms with Crippen molar-refractivity contribution in [2.45, 2.75) is 25.7 Å². The van der Waals surface area contributed by atoms with Gasteiger partial charge in [-0.1, -0.05) is 6.92 Å². The molecule has 0 saturated heterocycles. The van der Waals surface area contributed by atoms with Crippen LogP contribution in [0.2, 0.25) is 0 Å². The number of nitrogens with two attached hydrogens (primary N) is 1. The fraction of sp³-hybridized carbons (Fsp3) is 0.667. The third kappa shape index (κ3) is 1.52. The zero-order valence-corrected chi connectivity index (χ0v) is 8.10. The minimum Gasteiger partial charge on any atom is -0.330 e. The molecule has 2 N–H and O–H groups in total. The molecule has 2 atom stereocenters. The molecule has 2 nitrogen and oxygen atoms in total. The van der Waals surface area contributed by atoms with Gasteiger partial charge in [0.15, 0.2) is 0 Å². The topological polar surface area (TPSA) is 38.9 Å². The lowest BCUT2D eigenvalue weighted by molar-refractivity contribution is 0.879. The molecule has 0 bridgehead atoms. The van der Waals surface area contributed by atoms with Crippen molar-refractivity contribution in [1.82, 2.24) is 4.98 Å². The first-order chi connectivity index (χ1) is 5.81. The third-order valence-electron chi connectivity index (χ3n) is 2.40. The van der Waals surface area contributed by atoms with Gasteiger partial charge < -0.3 is 5.73 Å². The minimum absolute atomic E-state index is 0.712. The summed E-state index contributed by atoms with van der Waals surface area (Å²) in [7, 11) is 0. The average molecular weight is 182 g/mol. The zero-order chi connectivity index (χ0) is 8.55. The van der Waals surface area contributed by atoms with E-state index in [0.29, 0.717) is 6.54 Å². The van der Waals surface area contributed by atoms with Crippen molar-refractivity contribution < 1.29 is 0 Å². The molecule has 1 heterocycles. The van der Waals surface area contributed by atoms with Gasteiger partial charge in [-0.2, -0.15) is 0 Å². The summed E-state index contributed by atoms with van der Waals surface area (Å²) in [4.78, 5) is 4.55. The van der Waals surface area contributed by atoms with Gasteiger partial charge in [0.1, 0.15) is 0 Å². The highest BCUT2D eigenvalue weighted by Crippen LogP contribution is 2.47. The van der Waals surface area contributed by atoms with Crippen LogP contribution in [-0.4, -0.2) is 11.5 Å². The summed E-state index contributed by atoms with van der Waals surface area (Å²) in [5.41, 5.74) is 6.63. The molecule has 1 aromatic rings. The highest BCUT2D eigenvalue weighted by atomic mass is 32.1. The number of rotatable bonds is 3. The lowest BCUT2D eigenvalue weighted by Gasteiger charge is -1.89. The quantitative estimate of drug-likeness (QED) is 0.773. The molecule has 2 rings (SSSR count). The molecular formula is C9H14N2S. The van der Waals surface area contributed by atoms with Gasteiger partial charge in [0.25, 0.3) is 0 Å². The number of thiazole rings is 1. The van der Waals surface area contributed by atoms with Gasteiger partial charge in [-0.15, -0.1) is 11.3 Å². The Morgan fingerprint density at radius 3 is 3.08 bits per heavy atom. The van der Waals surface area contributed by atoms with Crippen molar-refractivity contribution in [3.8, 4) is 0 Å². The van der Waals surface area contributed by atoms with E-state index >= 15 is 0 Å². The highest BCUT2D eigenvalue weighted by molar-refractivity contribution is 7.09. The molecule has 1 aromatic heterocycles. The molecular weight excluding hydrogens is 168 g/mol. The van der Waals surface area contributed by atoms with Crippen LogP contribution < -0.4 is 5.73 Å². The Hall–Kier alpha value is -0.410. The van der Waals surface area contributed by atoms with Crippen LogP contribution >= 0.6 is 11.3 Å². The second-order valence-electron chi connectivity index (χ2n) is 3.54. The Morgan fingerprint density at radius 1 is 1.75 bits per heavy atom. The zero-order valence-electron chi connectivity index (χ0n) is 7.29. The van der Waals surface area contributed by atoms with E-state index < -0.39 is 0 Å². The lowest BCUT2D eigenvalue weighted by atomic mass is 10.3. The third-order valence-corrected chi connectivity index (χ3v) is 3.42. The first-order valence-corrected chi connectivity index (χ1v) is 5.33. The van der Waals surface area contributed by atoms with Crippen LogP contribution in [0.5, 0.6) is 0 Å². The van der Waals surface area contributed by atoms with E-state index in [2.05, 4.69) is 17.3 Å². The summed E-state index contributed by atoms with van der Waals surface area (Å²) in [6.45, 7) is 3.00. The predicted octanol–water partition coefficient (Wildman–Crippen LogP) is 1.77. The van der Waals surface area contributed by atoms with Gasteiger partial charge >= 0.3 is 0 Å². The molecule has 0 aliphatic heterocycles. The van der Waals surface area contributed by atoms with Crippen molar-refractivity contribution in [2.24, 2.45) is 11.7 Å². The van der Waals surface area contributed by atoms with E-state index in [1.165, 1.54) is 17.1 Å². The van der Waals surface area contributed by atoms with Crippen LogP contribution in [0.25, 0.3) is 0 Å². The van der Waals surface area contributed by atoms with Gasteiger partial charge in [-0.05, 0) is 18.9 Å². The number of hydrogen-bond donors (Lipinski definition) is 1. The SMILES string of the molecule is CC1CC1c1nc(CCN)cs1. The summed E-state index contributed by atoms with van der Waals surface area (Å²) in [5, 5.41) is 3.47. The second-order valence-corrected chi connectivity index (χ2v) is 4.42. The molecule has 0 radical (unpaired) electrons. The molecule has 12 heavy (non-hydrogen) atoms. The van der Waals surface area contributed by atoms with Gasteiger partial charge in [-0.3, -0.25) is 0 Å². The first-order valence-electron chi connectivity index (χ1n) is 4.45. The van der Waals surface area contributed by atoms with Gasteiger partial charge in [0, 0.05) is 17.7 Å². The van der Waals surface area contributed by atoms with Crippen LogP contribution in [0.1, 0.15) is 30.0 Å². The van der Waals surface area contributed by atoms with E-state index in [0.717, 1.165) is 18.3 Å². The fourth-order valence-electron chi connectivity index (χ4n) is 1.42. The van der Waals surface area contributed by atoms with Crippen LogP contribution in [0.15, 0.2) is 5.38 Å². The molecule has 3 heteroatoms. The van der Waals surface area contributed by atoms with Crippen molar-refractivity contribution in [3.63, 3.8) is 0 Å². The Kier molecular flexibility index (Phi) is 2.15. The van der Waals surface area contributed by atoms with Gasteiger partial charge in [0.2, 0.25) is 0 Å². The molecule has 1 aliphatic carbocycles. The Bertz CT molecular complexity index is 269. The summed E-state index contributed by atoms with van der Waals surface area (Å²) in [5.74, 6) is 1.63. The molecule has 66 valence electrons. The number of nitrogens with zero attached hydrogens (tertiary/aromatic N) is 1. The Balaban J connectivity index is 2.04. The smallest absolute Gasteiger partial charge is 0.0962 e. The monoisotopic (exact) mass is 182 g/mol. The largest absolute Gasteiger partial charge is 0.330 e. The highest BCUT2D eigenvalue weighted by Gasteiger charge is 2.36. The summed E-state index contributed by atoms with van der Waals surface area (Å²) < 4.78 is 0. The molecule has 1 fully saturated rings. The lowest BCUT2D eigenvalue weighted by Crippen LogP contribution is -2.02. The van der Waals surface area contributed by atoms with E-state index in [1.807, 2.05) is 0 Å². The summed E-state index contributed by atoms with van der Waals surface area (Å²) >= 11 is 1.80. The van der Waals surface area contributed by atoms with Crippen molar-refractivity contribution in [2.75, 3.05) is 6.54 Å². The molecule has 1 aliphatic rings. The molecule has 2 unspecified atom stereocenters. The maximum atomic E-state index is 5.45. The molecule has 0 spiro atoms. The van der Waals surface area contributed by atoms with Crippen LogP contribution in [0.3, 0.4) is 0 Å². The van der Waals surface area contributed by atoms with E-state index in [4.69, 9.17) is 5.73 Å². The maximum Gasteiger partial charge on any atom is 0.0962 e. The fourth-order valence-corrected chi connectivity index (χ4v) is 2.52. The predicted molar refractivity (Wildman–Crippen MR) is 51.4 cm³/mol. The maximum absolute atomic E-state index is 5.45. The van der Waals surface area contributed by atoms with Gasteiger partial charge in [0.05, 0.1) is 10.7 Å². The second kappa shape index (κ2) is 3.15. The normalized spacial score (nSPS) is 27.5. The van der Waals surface area contributed by atoms with Crippen LogP contribution in [-0.2, 0) is 6.42 Å². The molecule has 1 saturated carbocycles. The van der Waals surface area contributed by atoms with Crippen molar-refractivity contribution in [3.05, 3.63) is 16.1 Å². The standard InChI is InChI=1S/C9H14N2S/c1-6-4-8(6)9-11-7(2-3-10)5-12-9/h5-6,8H,2-4,10H2,1H3. The van der Waals surface area contributed by atoms with Gasteiger partial charge in [-0.25, -0.2) is 4.98 Å². The average Bonchev–Trinajstić information content (AvgIpc) is 2.62. The van der Waals surface area contributed by atoms with Crippen LogP contribution in [0.4, 0.5) is 0 Å². The molecule has 0 aromatic carbocycles. The van der Waals surface area contributed by atoms with E-state index in [-0.39, 0.29) is 0 Å². The van der Waals surface area contributed by atoms with E-state index in [9.17, 15) is 0 Å². The van der Waals surface area contributed by atoms with Crippen molar-refractivity contribution in [1.29, 1.82) is 0 Å². The molecule has 0 amide bonds. The summed E-state index contributed by atoms with van der Waals surface area (Å²) in [6, 6.07) is 0. The minimum atomic E-state index is 0.712. The van der Waals surface area contributed by atoms with Crippen molar-refractivity contribution >= 4 is 11.3 Å². The first kappa shape index (κ1) is 8.20. The Morgan fingerprint density at radius 2 is 2.50 bits per heavy atom. The van der Waals surface area contributed by atoms with Crippen LogP contribution in [0, 0.1) is 5.92 Å². The number of aromatic nitrogens is 1.